The van der Waals surface area contributed by atoms with E-state index in [1.807, 2.05) is 54.6 Å². The minimum Gasteiger partial charge on any atom is -0.466 e. The number of ether oxygens (including phenoxy) is 1. The van der Waals surface area contributed by atoms with Gasteiger partial charge in [-0.25, -0.2) is 9.59 Å². The van der Waals surface area contributed by atoms with Crippen LogP contribution in [-0.2, 0) is 14.9 Å². The molecule has 0 radical (unpaired) electrons. The van der Waals surface area contributed by atoms with Gasteiger partial charge in [0.2, 0.25) is 0 Å². The molecule has 2 aromatic carbocycles. The van der Waals surface area contributed by atoms with E-state index in [1.54, 1.807) is 0 Å². The molecule has 0 bridgehead atoms. The molecule has 0 spiro atoms. The fraction of sp³-hybridized carbons (Fsp3) is 0.273. The molecular formula is C22H24N2O3. The Morgan fingerprint density at radius 1 is 1.00 bits per heavy atom. The molecule has 1 aliphatic heterocycles. The number of benzene rings is 2. The van der Waals surface area contributed by atoms with Crippen LogP contribution in [0.1, 0.15) is 43.5 Å². The van der Waals surface area contributed by atoms with Crippen molar-refractivity contribution in [2.45, 2.75) is 32.2 Å². The van der Waals surface area contributed by atoms with E-state index in [0.29, 0.717) is 11.3 Å². The zero-order valence-corrected chi connectivity index (χ0v) is 16.0. The third-order valence-corrected chi connectivity index (χ3v) is 4.65. The number of hydrogen-bond acceptors (Lipinski definition) is 3. The third kappa shape index (κ3) is 3.87. The van der Waals surface area contributed by atoms with E-state index in [-0.39, 0.29) is 11.4 Å². The van der Waals surface area contributed by atoms with E-state index in [4.69, 9.17) is 4.74 Å². The maximum atomic E-state index is 12.6. The van der Waals surface area contributed by atoms with Crippen LogP contribution < -0.4 is 10.6 Å². The van der Waals surface area contributed by atoms with Crippen molar-refractivity contribution in [3.05, 3.63) is 76.9 Å². The molecule has 1 heterocycles. The van der Waals surface area contributed by atoms with Crippen LogP contribution in [0.25, 0.3) is 5.70 Å². The highest BCUT2D eigenvalue weighted by atomic mass is 16.5. The van der Waals surface area contributed by atoms with Crippen LogP contribution >= 0.6 is 0 Å². The van der Waals surface area contributed by atoms with Crippen LogP contribution in [0.3, 0.4) is 0 Å². The van der Waals surface area contributed by atoms with Crippen LogP contribution in [0.4, 0.5) is 4.79 Å². The Hall–Kier alpha value is -3.08. The summed E-state index contributed by atoms with van der Waals surface area (Å²) in [5.74, 6) is -0.480. The average Bonchev–Trinajstić information content (AvgIpc) is 2.67. The second-order valence-electron chi connectivity index (χ2n) is 7.55. The van der Waals surface area contributed by atoms with Gasteiger partial charge in [-0.15, -0.1) is 0 Å². The predicted molar refractivity (Wildman–Crippen MR) is 105 cm³/mol. The molecule has 140 valence electrons. The SMILES string of the molecule is COC(=O)C1=C(c2ccccc2)NC(=O)NC1c1ccc(C(C)(C)C)cc1. The Morgan fingerprint density at radius 2 is 1.63 bits per heavy atom. The van der Waals surface area contributed by atoms with Crippen molar-refractivity contribution >= 4 is 17.7 Å². The van der Waals surface area contributed by atoms with Gasteiger partial charge in [-0.2, -0.15) is 0 Å². The molecule has 3 rings (SSSR count). The number of amides is 2. The Kier molecular flexibility index (Phi) is 5.04. The van der Waals surface area contributed by atoms with Crippen molar-refractivity contribution in [3.63, 3.8) is 0 Å². The monoisotopic (exact) mass is 364 g/mol. The lowest BCUT2D eigenvalue weighted by molar-refractivity contribution is -0.136. The number of methoxy groups -OCH3 is 1. The minimum absolute atomic E-state index is 0.0200. The first-order valence-electron chi connectivity index (χ1n) is 8.87. The van der Waals surface area contributed by atoms with Gasteiger partial charge < -0.3 is 15.4 Å². The number of nitrogens with one attached hydrogen (secondary N) is 2. The molecule has 5 nitrogen and oxygen atoms in total. The normalized spacial score (nSPS) is 17.2. The Bertz CT molecular complexity index is 878. The Labute approximate surface area is 159 Å². The van der Waals surface area contributed by atoms with Gasteiger partial charge in [0.1, 0.15) is 0 Å². The number of urea groups is 1. The van der Waals surface area contributed by atoms with Gasteiger partial charge in [0.15, 0.2) is 0 Å². The summed E-state index contributed by atoms with van der Waals surface area (Å²) in [4.78, 5) is 24.9. The van der Waals surface area contributed by atoms with Crippen molar-refractivity contribution in [3.8, 4) is 0 Å². The van der Waals surface area contributed by atoms with Crippen LogP contribution in [0.5, 0.6) is 0 Å². The van der Waals surface area contributed by atoms with Crippen LogP contribution in [0.15, 0.2) is 60.2 Å². The molecule has 1 unspecified atom stereocenters. The topological polar surface area (TPSA) is 67.4 Å². The number of carbonyl (C=O) groups excluding carboxylic acids is 2. The lowest BCUT2D eigenvalue weighted by Crippen LogP contribution is -2.45. The van der Waals surface area contributed by atoms with Crippen LogP contribution in [0, 0.1) is 0 Å². The highest BCUT2D eigenvalue weighted by Crippen LogP contribution is 2.33. The molecule has 0 fully saturated rings. The summed E-state index contributed by atoms with van der Waals surface area (Å²) in [6.45, 7) is 6.42. The Balaban J connectivity index is 2.12. The quantitative estimate of drug-likeness (QED) is 0.811. The molecular weight excluding hydrogens is 340 g/mol. The van der Waals surface area contributed by atoms with Gasteiger partial charge in [-0.1, -0.05) is 75.4 Å². The number of rotatable bonds is 3. The third-order valence-electron chi connectivity index (χ3n) is 4.65. The van der Waals surface area contributed by atoms with E-state index < -0.39 is 12.0 Å². The first-order valence-corrected chi connectivity index (χ1v) is 8.87. The van der Waals surface area contributed by atoms with Gasteiger partial charge in [0.25, 0.3) is 0 Å². The maximum absolute atomic E-state index is 12.6. The van der Waals surface area contributed by atoms with Crippen LogP contribution in [0.2, 0.25) is 0 Å². The molecule has 1 atom stereocenters. The molecule has 0 aromatic heterocycles. The predicted octanol–water partition coefficient (Wildman–Crippen LogP) is 3.92. The van der Waals surface area contributed by atoms with Gasteiger partial charge in [0, 0.05) is 0 Å². The van der Waals surface area contributed by atoms with Gasteiger partial charge in [-0.3, -0.25) is 0 Å². The second-order valence-corrected chi connectivity index (χ2v) is 7.55. The summed E-state index contributed by atoms with van der Waals surface area (Å²) in [6.07, 6.45) is 0. The number of esters is 1. The fourth-order valence-electron chi connectivity index (χ4n) is 3.15. The molecule has 5 heteroatoms. The Morgan fingerprint density at radius 3 is 2.19 bits per heavy atom. The molecule has 0 aliphatic carbocycles. The van der Waals surface area contributed by atoms with Gasteiger partial charge in [0.05, 0.1) is 24.4 Å². The summed E-state index contributed by atoms with van der Waals surface area (Å²) in [7, 11) is 1.34. The van der Waals surface area contributed by atoms with E-state index in [0.717, 1.165) is 11.1 Å². The van der Waals surface area contributed by atoms with E-state index in [2.05, 4.69) is 31.4 Å². The zero-order valence-electron chi connectivity index (χ0n) is 16.0. The summed E-state index contributed by atoms with van der Waals surface area (Å²) in [5, 5.41) is 5.61. The molecule has 2 amide bonds. The molecule has 27 heavy (non-hydrogen) atoms. The second kappa shape index (κ2) is 7.27. The van der Waals surface area contributed by atoms with Gasteiger partial charge in [-0.05, 0) is 22.1 Å². The lowest BCUT2D eigenvalue weighted by Gasteiger charge is -2.30. The van der Waals surface area contributed by atoms with Crippen LogP contribution in [-0.4, -0.2) is 19.1 Å². The number of hydrogen-bond donors (Lipinski definition) is 2. The van der Waals surface area contributed by atoms with Gasteiger partial charge >= 0.3 is 12.0 Å². The van der Waals surface area contributed by atoms with Crippen molar-refractivity contribution in [1.82, 2.24) is 10.6 Å². The minimum atomic E-state index is -0.588. The summed E-state index contributed by atoms with van der Waals surface area (Å²) in [5.41, 5.74) is 3.63. The van der Waals surface area contributed by atoms with E-state index in [9.17, 15) is 9.59 Å². The molecule has 2 aromatic rings. The largest absolute Gasteiger partial charge is 0.466 e. The smallest absolute Gasteiger partial charge is 0.338 e. The molecule has 0 saturated carbocycles. The van der Waals surface area contributed by atoms with Crippen molar-refractivity contribution < 1.29 is 14.3 Å². The summed E-state index contributed by atoms with van der Waals surface area (Å²) >= 11 is 0. The summed E-state index contributed by atoms with van der Waals surface area (Å²) < 4.78 is 5.02. The molecule has 0 saturated heterocycles. The summed E-state index contributed by atoms with van der Waals surface area (Å²) in [6, 6.07) is 16.3. The lowest BCUT2D eigenvalue weighted by atomic mass is 9.85. The fourth-order valence-corrected chi connectivity index (χ4v) is 3.15. The molecule has 2 N–H and O–H groups in total. The number of carbonyl (C=O) groups is 2. The standard InChI is InChI=1S/C22H24N2O3/c1-22(2,3)16-12-10-15(11-13-16)19-17(20(25)27-4)18(23-21(26)24-19)14-8-6-5-7-9-14/h5-13,19H,1-4H3,(H2,23,24,26). The first kappa shape index (κ1) is 18.7. The highest BCUT2D eigenvalue weighted by Gasteiger charge is 2.34. The zero-order chi connectivity index (χ0) is 19.6. The van der Waals surface area contributed by atoms with Crippen molar-refractivity contribution in [1.29, 1.82) is 0 Å². The highest BCUT2D eigenvalue weighted by molar-refractivity contribution is 6.04. The van der Waals surface area contributed by atoms with E-state index in [1.165, 1.54) is 12.7 Å². The van der Waals surface area contributed by atoms with Crippen molar-refractivity contribution in [2.24, 2.45) is 0 Å². The average molecular weight is 364 g/mol. The first-order chi connectivity index (χ1) is 12.8. The molecule has 1 aliphatic rings. The van der Waals surface area contributed by atoms with E-state index >= 15 is 0 Å². The van der Waals surface area contributed by atoms with Crippen molar-refractivity contribution in [2.75, 3.05) is 7.11 Å². The maximum Gasteiger partial charge on any atom is 0.338 e.